The first-order valence-electron chi connectivity index (χ1n) is 9.66. The van der Waals surface area contributed by atoms with Gasteiger partial charge < -0.3 is 9.47 Å². The van der Waals surface area contributed by atoms with Crippen molar-refractivity contribution in [1.82, 2.24) is 0 Å². The van der Waals surface area contributed by atoms with Crippen molar-refractivity contribution in [3.8, 4) is 22.6 Å². The summed E-state index contributed by atoms with van der Waals surface area (Å²) in [6.07, 6.45) is 0. The highest BCUT2D eigenvalue weighted by atomic mass is 35.5. The number of benzene rings is 4. The Kier molecular flexibility index (Phi) is 6.55. The van der Waals surface area contributed by atoms with Gasteiger partial charge >= 0.3 is 11.9 Å². The average molecular weight is 463 g/mol. The molecule has 0 atom stereocenters. The fourth-order valence-corrected chi connectivity index (χ4v) is 3.52. The molecule has 0 aliphatic carbocycles. The summed E-state index contributed by atoms with van der Waals surface area (Å²) in [6.45, 7) is 0. The molecular formula is C26H16Cl2O4. The third-order valence-corrected chi connectivity index (χ3v) is 5.27. The molecule has 0 spiro atoms. The van der Waals surface area contributed by atoms with E-state index in [4.69, 9.17) is 32.7 Å². The minimum absolute atomic E-state index is 0.199. The lowest BCUT2D eigenvalue weighted by molar-refractivity contribution is 0.0734. The van der Waals surface area contributed by atoms with E-state index in [1.165, 1.54) is 0 Å². The molecule has 4 aromatic carbocycles. The molecule has 4 aromatic rings. The van der Waals surface area contributed by atoms with Crippen molar-refractivity contribution in [3.05, 3.63) is 118 Å². The number of esters is 2. The predicted octanol–water partition coefficient (Wildman–Crippen LogP) is 7.10. The van der Waals surface area contributed by atoms with Crippen LogP contribution in [0.5, 0.6) is 11.5 Å². The van der Waals surface area contributed by atoms with Crippen molar-refractivity contribution in [2.75, 3.05) is 0 Å². The molecule has 0 aromatic heterocycles. The Morgan fingerprint density at radius 1 is 0.531 bits per heavy atom. The highest BCUT2D eigenvalue weighted by Gasteiger charge is 2.24. The number of hydrogen-bond acceptors (Lipinski definition) is 4. The Balaban J connectivity index is 1.78. The smallest absolute Gasteiger partial charge is 0.344 e. The highest BCUT2D eigenvalue weighted by Crippen LogP contribution is 2.32. The van der Waals surface area contributed by atoms with Gasteiger partial charge in [0.15, 0.2) is 0 Å². The first-order chi connectivity index (χ1) is 15.5. The van der Waals surface area contributed by atoms with Crippen molar-refractivity contribution in [3.63, 3.8) is 0 Å². The van der Waals surface area contributed by atoms with Crippen LogP contribution in [0.2, 0.25) is 10.0 Å². The summed E-state index contributed by atoms with van der Waals surface area (Å²) in [4.78, 5) is 26.2. The third kappa shape index (κ3) is 4.67. The van der Waals surface area contributed by atoms with Crippen molar-refractivity contribution >= 4 is 35.1 Å². The molecule has 0 N–H and O–H groups in total. The topological polar surface area (TPSA) is 52.6 Å². The second-order valence-corrected chi connectivity index (χ2v) is 7.55. The fourth-order valence-electron chi connectivity index (χ4n) is 3.17. The quantitative estimate of drug-likeness (QED) is 0.234. The monoisotopic (exact) mass is 462 g/mol. The molecule has 6 heteroatoms. The van der Waals surface area contributed by atoms with Crippen LogP contribution in [0.3, 0.4) is 0 Å². The van der Waals surface area contributed by atoms with Gasteiger partial charge in [-0.25, -0.2) is 9.59 Å². The van der Waals surface area contributed by atoms with Crippen LogP contribution in [0.4, 0.5) is 0 Å². The van der Waals surface area contributed by atoms with Crippen LogP contribution in [-0.4, -0.2) is 11.9 Å². The molecule has 158 valence electrons. The van der Waals surface area contributed by atoms with E-state index in [2.05, 4.69) is 0 Å². The summed E-state index contributed by atoms with van der Waals surface area (Å²) >= 11 is 12.3. The van der Waals surface area contributed by atoms with Crippen molar-refractivity contribution in [1.29, 1.82) is 0 Å². The SMILES string of the molecule is O=C(Oc1ccccc1Cl)c1cccc(C(=O)Oc2ccccc2Cl)c1-c1ccccc1. The first-order valence-corrected chi connectivity index (χ1v) is 10.4. The molecule has 0 aliphatic rings. The zero-order valence-electron chi connectivity index (χ0n) is 16.6. The maximum absolute atomic E-state index is 13.1. The van der Waals surface area contributed by atoms with Crippen molar-refractivity contribution in [2.24, 2.45) is 0 Å². The van der Waals surface area contributed by atoms with E-state index >= 15 is 0 Å². The van der Waals surface area contributed by atoms with Crippen LogP contribution in [-0.2, 0) is 0 Å². The molecular weight excluding hydrogens is 447 g/mol. The van der Waals surface area contributed by atoms with Crippen LogP contribution in [0.25, 0.3) is 11.1 Å². The highest BCUT2D eigenvalue weighted by molar-refractivity contribution is 6.32. The summed E-state index contributed by atoms with van der Waals surface area (Å²) in [7, 11) is 0. The largest absolute Gasteiger partial charge is 0.421 e. The van der Waals surface area contributed by atoms with E-state index in [1.54, 1.807) is 78.9 Å². The molecule has 0 bridgehead atoms. The lowest BCUT2D eigenvalue weighted by atomic mass is 9.94. The van der Waals surface area contributed by atoms with Gasteiger partial charge in [-0.05, 0) is 42.0 Å². The molecule has 0 saturated heterocycles. The van der Waals surface area contributed by atoms with E-state index in [0.29, 0.717) is 21.2 Å². The van der Waals surface area contributed by atoms with Crippen molar-refractivity contribution in [2.45, 2.75) is 0 Å². The van der Waals surface area contributed by atoms with Gasteiger partial charge in [0.25, 0.3) is 0 Å². The van der Waals surface area contributed by atoms with Crippen LogP contribution >= 0.6 is 23.2 Å². The van der Waals surface area contributed by atoms with E-state index in [9.17, 15) is 9.59 Å². The van der Waals surface area contributed by atoms with Crippen LogP contribution < -0.4 is 9.47 Å². The Hall–Kier alpha value is -3.60. The minimum atomic E-state index is -0.649. The van der Waals surface area contributed by atoms with Gasteiger partial charge in [-0.2, -0.15) is 0 Å². The predicted molar refractivity (Wildman–Crippen MR) is 125 cm³/mol. The van der Waals surface area contributed by atoms with E-state index < -0.39 is 11.9 Å². The first kappa shape index (κ1) is 21.6. The van der Waals surface area contributed by atoms with Gasteiger partial charge in [0, 0.05) is 5.56 Å². The summed E-state index contributed by atoms with van der Waals surface area (Å²) in [5.41, 5.74) is 1.45. The van der Waals surface area contributed by atoms with Crippen LogP contribution in [0.15, 0.2) is 97.1 Å². The Bertz CT molecular complexity index is 1210. The summed E-state index contributed by atoms with van der Waals surface area (Å²) < 4.78 is 11.0. The average Bonchev–Trinajstić information content (AvgIpc) is 2.82. The summed E-state index contributed by atoms with van der Waals surface area (Å²) in [5.74, 6) is -0.849. The zero-order chi connectivity index (χ0) is 22.5. The van der Waals surface area contributed by atoms with Gasteiger partial charge in [0.1, 0.15) is 11.5 Å². The van der Waals surface area contributed by atoms with Crippen molar-refractivity contribution < 1.29 is 19.1 Å². The summed E-state index contributed by atoms with van der Waals surface area (Å²) in [6, 6.07) is 27.2. The maximum atomic E-state index is 13.1. The zero-order valence-corrected chi connectivity index (χ0v) is 18.1. The number of carbonyl (C=O) groups is 2. The Morgan fingerprint density at radius 3 is 1.44 bits per heavy atom. The second kappa shape index (κ2) is 9.69. The van der Waals surface area contributed by atoms with Crippen LogP contribution in [0.1, 0.15) is 20.7 Å². The number of rotatable bonds is 5. The second-order valence-electron chi connectivity index (χ2n) is 6.73. The number of hydrogen-bond donors (Lipinski definition) is 0. The molecule has 4 rings (SSSR count). The van der Waals surface area contributed by atoms with E-state index in [-0.39, 0.29) is 22.6 Å². The number of para-hydroxylation sites is 2. The van der Waals surface area contributed by atoms with E-state index in [1.807, 2.05) is 18.2 Å². The third-order valence-electron chi connectivity index (χ3n) is 4.65. The lowest BCUT2D eigenvalue weighted by Crippen LogP contribution is -2.15. The maximum Gasteiger partial charge on any atom is 0.344 e. The normalized spacial score (nSPS) is 10.4. The number of halogens is 2. The molecule has 0 amide bonds. The lowest BCUT2D eigenvalue weighted by Gasteiger charge is -2.15. The molecule has 0 saturated carbocycles. The Labute approximate surface area is 194 Å². The molecule has 0 heterocycles. The van der Waals surface area contributed by atoms with Gasteiger partial charge in [-0.15, -0.1) is 0 Å². The minimum Gasteiger partial charge on any atom is -0.421 e. The fraction of sp³-hybridized carbons (Fsp3) is 0. The van der Waals surface area contributed by atoms with Gasteiger partial charge in [0.2, 0.25) is 0 Å². The number of carbonyl (C=O) groups excluding carboxylic acids is 2. The molecule has 0 unspecified atom stereocenters. The molecule has 0 fully saturated rings. The standard InChI is InChI=1S/C26H16Cl2O4/c27-20-13-4-6-15-22(20)31-25(29)18-11-8-12-19(24(18)17-9-2-1-3-10-17)26(30)32-23-16-7-5-14-21(23)28/h1-16H. The molecule has 32 heavy (non-hydrogen) atoms. The Morgan fingerprint density at radius 2 is 0.969 bits per heavy atom. The van der Waals surface area contributed by atoms with Gasteiger partial charge in [0.05, 0.1) is 21.2 Å². The molecule has 4 nitrogen and oxygen atoms in total. The van der Waals surface area contributed by atoms with E-state index in [0.717, 1.165) is 0 Å². The van der Waals surface area contributed by atoms with Gasteiger partial charge in [-0.3, -0.25) is 0 Å². The number of ether oxygens (including phenoxy) is 2. The van der Waals surface area contributed by atoms with Crippen LogP contribution in [0, 0.1) is 0 Å². The van der Waals surface area contributed by atoms with Gasteiger partial charge in [-0.1, -0.05) is 83.9 Å². The molecule has 0 aliphatic heterocycles. The summed E-state index contributed by atoms with van der Waals surface area (Å²) in [5, 5.41) is 0.604. The molecule has 0 radical (unpaired) electrons.